The van der Waals surface area contributed by atoms with Crippen LogP contribution in [0.5, 0.6) is 17.2 Å². The van der Waals surface area contributed by atoms with Gasteiger partial charge in [-0.15, -0.1) is 0 Å². The Morgan fingerprint density at radius 3 is 2.72 bits per heavy atom. The average molecular weight is 976 g/mol. The zero-order valence-electron chi connectivity index (χ0n) is 40.5. The van der Waals surface area contributed by atoms with Crippen LogP contribution in [0, 0.1) is 17.9 Å². The van der Waals surface area contributed by atoms with Crippen molar-refractivity contribution in [2.24, 2.45) is 5.92 Å². The van der Waals surface area contributed by atoms with Crippen molar-refractivity contribution < 1.29 is 53.7 Å². The van der Waals surface area contributed by atoms with Crippen molar-refractivity contribution in [3.8, 4) is 29.3 Å². The van der Waals surface area contributed by atoms with E-state index in [0.29, 0.717) is 41.8 Å². The van der Waals surface area contributed by atoms with Crippen LogP contribution in [0.15, 0.2) is 48.7 Å². The molecular formula is C58H61N3O11. The molecule has 374 valence electrons. The number of H-pyrrole nitrogens is 1. The standard InChI is InChI=1S/C58H61N3O11/c1-68-53-37-17-16-33-23-32-9-6-13-35(32)47-46(33)48(37)50-52(65)49(47)43(63)27-61-26-41-31(8-5-14-36(41)56(61)66)10-7-21-69-55-51(64)45-28-70-44(20-18-38(53)54(50)72-57(71-45)58(55,67)29-62)40-25-60-42-19-15-30(22-39(40)42)24-59-34-11-3-2-4-12-34/h5,8,14-15,18-20,22,25,32-35,44-45,51,55,57,59-60,62,64-65,67H,2-4,6,9-13,16-17,23-24,26-29H2,1H3. The summed E-state index contributed by atoms with van der Waals surface area (Å²) in [4.78, 5) is 34.6. The highest BCUT2D eigenvalue weighted by Crippen LogP contribution is 2.62. The van der Waals surface area contributed by atoms with Gasteiger partial charge in [-0.3, -0.25) is 9.59 Å². The normalized spacial score (nSPS) is 29.7. The predicted molar refractivity (Wildman–Crippen MR) is 267 cm³/mol. The number of fused-ring (bicyclic) bond motifs is 8. The third-order valence-corrected chi connectivity index (χ3v) is 17.6. The first-order valence-electron chi connectivity index (χ1n) is 26.1. The van der Waals surface area contributed by atoms with Crippen molar-refractivity contribution in [3.05, 3.63) is 104 Å². The van der Waals surface area contributed by atoms with Crippen LogP contribution in [-0.4, -0.2) is 105 Å². The van der Waals surface area contributed by atoms with Gasteiger partial charge in [-0.1, -0.05) is 55.9 Å². The van der Waals surface area contributed by atoms with Crippen LogP contribution in [0.2, 0.25) is 0 Å². The van der Waals surface area contributed by atoms with Crippen LogP contribution < -0.4 is 14.8 Å². The first-order chi connectivity index (χ1) is 35.1. The van der Waals surface area contributed by atoms with E-state index in [1.807, 2.05) is 24.4 Å². The van der Waals surface area contributed by atoms with Crippen LogP contribution in [0.1, 0.15) is 147 Å². The van der Waals surface area contributed by atoms with E-state index in [0.717, 1.165) is 87.3 Å². The molecule has 72 heavy (non-hydrogen) atoms. The first-order valence-corrected chi connectivity index (χ1v) is 26.1. The van der Waals surface area contributed by atoms with Crippen molar-refractivity contribution >= 4 is 39.4 Å². The number of rotatable bonds is 6. The number of hydrogen-bond acceptors (Lipinski definition) is 12. The summed E-state index contributed by atoms with van der Waals surface area (Å²) in [6, 6.07) is 12.3. The molecule has 0 radical (unpaired) electrons. The van der Waals surface area contributed by atoms with E-state index in [1.165, 1.54) is 32.1 Å². The monoisotopic (exact) mass is 975 g/mol. The Labute approximate surface area is 417 Å². The molecule has 8 bridgehead atoms. The van der Waals surface area contributed by atoms with E-state index in [1.54, 1.807) is 24.1 Å². The molecule has 1 saturated heterocycles. The number of carbonyl (C=O) groups excluding carboxylic acids is 2. The number of aliphatic hydroxyl groups is 3. The van der Waals surface area contributed by atoms with Crippen LogP contribution in [0.3, 0.4) is 0 Å². The lowest BCUT2D eigenvalue weighted by molar-refractivity contribution is -0.328. The third kappa shape index (κ3) is 7.21. The number of ether oxygens (including phenoxy) is 5. The number of aromatic amines is 1. The first kappa shape index (κ1) is 45.9. The average Bonchev–Trinajstić information content (AvgIpc) is 4.13. The molecule has 9 atom stereocenters. The quantitative estimate of drug-likeness (QED) is 0.0921. The maximum absolute atomic E-state index is 15.4. The van der Waals surface area contributed by atoms with Gasteiger partial charge in [0.05, 0.1) is 43.4 Å². The maximum atomic E-state index is 15.4. The Bertz CT molecular complexity index is 3140. The number of amides is 1. The number of Topliss-reactive ketones (excluding diaryl/α,β-unsaturated/α-hetero) is 1. The number of hydrogen-bond donors (Lipinski definition) is 6. The summed E-state index contributed by atoms with van der Waals surface area (Å²) in [5.41, 5.74) is 5.69. The van der Waals surface area contributed by atoms with E-state index in [9.17, 15) is 25.2 Å². The summed E-state index contributed by atoms with van der Waals surface area (Å²) in [6.45, 7) is -0.559. The minimum Gasteiger partial charge on any atom is -0.506 e. The minimum atomic E-state index is -2.44. The SMILES string of the molecule is COc1c2c3c4c(O)c(c5c6c4c1CCC6CC1CCCC51)C(=O)CN1Cc4c(cccc4C1=O)CC#COC1C(O)C(COC(c4c[nH]c5ccc(CNC6CCCCC6)cc45)C=C2)OC(O3)C1(O)CO. The van der Waals surface area contributed by atoms with E-state index < -0.39 is 42.9 Å². The van der Waals surface area contributed by atoms with Crippen LogP contribution >= 0.6 is 0 Å². The molecule has 1 aromatic heterocycles. The molecule has 14 heteroatoms. The van der Waals surface area contributed by atoms with E-state index >= 15 is 4.79 Å². The van der Waals surface area contributed by atoms with Gasteiger partial charge in [-0.25, -0.2) is 0 Å². The second kappa shape index (κ2) is 17.9. The molecule has 6 N–H and O–H groups in total. The lowest BCUT2D eigenvalue weighted by Gasteiger charge is -2.48. The fourth-order valence-electron chi connectivity index (χ4n) is 14.1. The number of phenolic OH excluding ortho intramolecular Hbond substituents is 1. The second-order valence-corrected chi connectivity index (χ2v) is 21.6. The third-order valence-electron chi connectivity index (χ3n) is 17.6. The van der Waals surface area contributed by atoms with Crippen LogP contribution in [0.4, 0.5) is 0 Å². The number of nitrogens with zero attached hydrogens (tertiary/aromatic N) is 1. The minimum absolute atomic E-state index is 0.0222. The highest BCUT2D eigenvalue weighted by atomic mass is 16.7. The molecular weight excluding hydrogens is 915 g/mol. The van der Waals surface area contributed by atoms with Gasteiger partial charge in [0.25, 0.3) is 5.91 Å². The number of phenols is 1. The largest absolute Gasteiger partial charge is 0.506 e. The van der Waals surface area contributed by atoms with E-state index in [2.05, 4.69) is 40.5 Å². The number of aryl methyl sites for hydroxylation is 1. The molecule has 4 aromatic carbocycles. The van der Waals surface area contributed by atoms with E-state index in [4.69, 9.17) is 23.7 Å². The Balaban J connectivity index is 1.04. The number of aromatic hydroxyl groups is 1. The number of methoxy groups -OCH3 is 1. The Hall–Kier alpha value is -5.92. The molecule has 9 unspecified atom stereocenters. The fourth-order valence-corrected chi connectivity index (χ4v) is 14.1. The van der Waals surface area contributed by atoms with Gasteiger partial charge in [-0.05, 0) is 120 Å². The number of ketones is 1. The molecule has 4 aliphatic heterocycles. The summed E-state index contributed by atoms with van der Waals surface area (Å²) in [5, 5.41) is 55.3. The highest BCUT2D eigenvalue weighted by molar-refractivity contribution is 6.14. The van der Waals surface area contributed by atoms with Gasteiger partial charge in [0.1, 0.15) is 41.7 Å². The van der Waals surface area contributed by atoms with Crippen molar-refractivity contribution in [3.63, 3.8) is 0 Å². The zero-order chi connectivity index (χ0) is 49.0. The second-order valence-electron chi connectivity index (χ2n) is 21.6. The molecule has 13 rings (SSSR count). The summed E-state index contributed by atoms with van der Waals surface area (Å²) in [5.74, 6) is 3.04. The Kier molecular flexibility index (Phi) is 11.4. The number of benzene rings is 4. The molecule has 3 fully saturated rings. The molecule has 14 nitrogen and oxygen atoms in total. The number of aliphatic hydroxyl groups excluding tert-OH is 2. The predicted octanol–water partition coefficient (Wildman–Crippen LogP) is 7.49. The molecule has 1 amide bonds. The number of nitrogens with one attached hydrogen (secondary N) is 2. The summed E-state index contributed by atoms with van der Waals surface area (Å²) in [7, 11) is 1.60. The van der Waals surface area contributed by atoms with Gasteiger partial charge in [0.15, 0.2) is 17.5 Å². The molecule has 0 spiro atoms. The van der Waals surface area contributed by atoms with Crippen molar-refractivity contribution in [1.82, 2.24) is 15.2 Å². The van der Waals surface area contributed by atoms with Crippen molar-refractivity contribution in [2.75, 3.05) is 26.9 Å². The smallest absolute Gasteiger partial charge is 0.254 e. The van der Waals surface area contributed by atoms with Gasteiger partial charge in [-0.2, -0.15) is 0 Å². The van der Waals surface area contributed by atoms with Crippen LogP contribution in [-0.2, 0) is 40.1 Å². The van der Waals surface area contributed by atoms with Gasteiger partial charge in [0.2, 0.25) is 6.29 Å². The summed E-state index contributed by atoms with van der Waals surface area (Å²) in [6.07, 6.45) is 13.0. The Morgan fingerprint density at radius 1 is 1.00 bits per heavy atom. The molecule has 4 aliphatic carbocycles. The zero-order valence-corrected chi connectivity index (χ0v) is 40.5. The lowest BCUT2D eigenvalue weighted by atomic mass is 9.64. The van der Waals surface area contributed by atoms with Crippen molar-refractivity contribution in [1.29, 1.82) is 0 Å². The highest BCUT2D eigenvalue weighted by Gasteiger charge is 2.59. The lowest BCUT2D eigenvalue weighted by Crippen LogP contribution is -2.70. The molecule has 8 aliphatic rings. The summed E-state index contributed by atoms with van der Waals surface area (Å²) < 4.78 is 33.1. The van der Waals surface area contributed by atoms with Crippen LogP contribution in [0.25, 0.3) is 27.8 Å². The molecule has 2 saturated carbocycles. The number of carbonyl (C=O) groups is 2. The number of aromatic nitrogens is 1. The van der Waals surface area contributed by atoms with Crippen molar-refractivity contribution in [2.45, 2.75) is 144 Å². The molecule has 5 aromatic rings. The van der Waals surface area contributed by atoms with Gasteiger partial charge < -0.3 is 59.3 Å². The van der Waals surface area contributed by atoms with Gasteiger partial charge >= 0.3 is 0 Å². The maximum Gasteiger partial charge on any atom is 0.254 e. The summed E-state index contributed by atoms with van der Waals surface area (Å²) >= 11 is 0. The fraction of sp³-hybridized carbons (Fsp3) is 0.483. The topological polar surface area (TPSA) is 192 Å². The Morgan fingerprint density at radius 2 is 1.88 bits per heavy atom. The van der Waals surface area contributed by atoms with Gasteiger partial charge in [0, 0.05) is 59.3 Å². The molecule has 5 heterocycles. The van der Waals surface area contributed by atoms with E-state index in [-0.39, 0.29) is 72.1 Å².